The molecule has 0 bridgehead atoms. The average molecular weight is 364 g/mol. The van der Waals surface area contributed by atoms with Crippen LogP contribution in [0.25, 0.3) is 10.8 Å². The highest BCUT2D eigenvalue weighted by molar-refractivity contribution is 6.07. The van der Waals surface area contributed by atoms with Crippen LogP contribution in [-0.2, 0) is 9.59 Å². The predicted molar refractivity (Wildman–Crippen MR) is 102 cm³/mol. The van der Waals surface area contributed by atoms with Gasteiger partial charge in [-0.25, -0.2) is 5.43 Å². The molecule has 3 unspecified atom stereocenters. The number of likely N-dealkylation sites (tertiary alicyclic amines) is 1. The van der Waals surface area contributed by atoms with Gasteiger partial charge in [0.2, 0.25) is 11.8 Å². The molecule has 2 heterocycles. The van der Waals surface area contributed by atoms with Crippen LogP contribution in [0, 0.1) is 11.3 Å². The number of carbonyl (C=O) groups is 2. The number of carbonyl (C=O) groups excluding carboxylic acids is 2. The summed E-state index contributed by atoms with van der Waals surface area (Å²) in [5.41, 5.74) is 12.7. The van der Waals surface area contributed by atoms with Crippen molar-refractivity contribution in [1.29, 1.82) is 0 Å². The lowest BCUT2D eigenvalue weighted by molar-refractivity contribution is -0.144. The van der Waals surface area contributed by atoms with E-state index < -0.39 is 11.3 Å². The zero-order valence-electron chi connectivity index (χ0n) is 15.2. The number of hydrazine groups is 1. The van der Waals surface area contributed by atoms with Crippen molar-refractivity contribution in [3.63, 3.8) is 0 Å². The molecule has 0 aromatic heterocycles. The molecule has 2 saturated heterocycles. The van der Waals surface area contributed by atoms with Crippen LogP contribution in [0.4, 0.5) is 0 Å². The minimum Gasteiger partial charge on any atom is -0.369 e. The molecular formula is C21H24N4O2. The second-order valence-corrected chi connectivity index (χ2v) is 8.09. The Balaban J connectivity index is 1.44. The molecule has 140 valence electrons. The molecule has 2 amide bonds. The normalized spacial score (nSPS) is 28.7. The Labute approximate surface area is 158 Å². The number of amides is 2. The zero-order chi connectivity index (χ0) is 18.6. The summed E-state index contributed by atoms with van der Waals surface area (Å²) in [6, 6.07) is 15.2. The van der Waals surface area contributed by atoms with Gasteiger partial charge in [-0.2, -0.15) is 0 Å². The quantitative estimate of drug-likeness (QED) is 0.720. The third kappa shape index (κ3) is 2.55. The summed E-state index contributed by atoms with van der Waals surface area (Å²) in [7, 11) is 0. The van der Waals surface area contributed by atoms with E-state index in [9.17, 15) is 9.59 Å². The molecule has 6 nitrogen and oxygen atoms in total. The van der Waals surface area contributed by atoms with Crippen molar-refractivity contribution >= 4 is 22.6 Å². The fourth-order valence-electron chi connectivity index (χ4n) is 4.81. The van der Waals surface area contributed by atoms with E-state index in [1.165, 1.54) is 16.3 Å². The van der Waals surface area contributed by atoms with Crippen molar-refractivity contribution in [3.05, 3.63) is 48.0 Å². The van der Waals surface area contributed by atoms with Gasteiger partial charge < -0.3 is 10.6 Å². The van der Waals surface area contributed by atoms with E-state index >= 15 is 0 Å². The molecule has 2 aromatic carbocycles. The minimum absolute atomic E-state index is 0.0722. The summed E-state index contributed by atoms with van der Waals surface area (Å²) in [5, 5.41) is 2.45. The van der Waals surface area contributed by atoms with E-state index in [2.05, 4.69) is 53.3 Å². The van der Waals surface area contributed by atoms with E-state index in [0.29, 0.717) is 32.0 Å². The first-order chi connectivity index (χ1) is 13.1. The standard InChI is InChI=1S/C21H24N4O2/c22-19(26)21(9-10-21)20(27)25-11-8-17-16(12-25)18(24-23-17)15-7-3-5-13-4-1-2-6-14(13)15/h1-7,16-18,23-24H,8-12H2,(H2,22,26). The van der Waals surface area contributed by atoms with Gasteiger partial charge in [0.1, 0.15) is 5.41 Å². The Hall–Kier alpha value is -2.44. The van der Waals surface area contributed by atoms with E-state index in [-0.39, 0.29) is 17.9 Å². The van der Waals surface area contributed by atoms with Crippen LogP contribution in [0.2, 0.25) is 0 Å². The molecule has 4 N–H and O–H groups in total. The summed E-state index contributed by atoms with van der Waals surface area (Å²) >= 11 is 0. The van der Waals surface area contributed by atoms with Gasteiger partial charge in [-0.05, 0) is 35.6 Å². The van der Waals surface area contributed by atoms with Gasteiger partial charge in [-0.3, -0.25) is 15.0 Å². The minimum atomic E-state index is -0.929. The number of nitrogens with two attached hydrogens (primary N) is 1. The fourth-order valence-corrected chi connectivity index (χ4v) is 4.81. The van der Waals surface area contributed by atoms with Gasteiger partial charge in [-0.1, -0.05) is 42.5 Å². The van der Waals surface area contributed by atoms with Crippen LogP contribution >= 0.6 is 0 Å². The highest BCUT2D eigenvalue weighted by atomic mass is 16.2. The molecule has 5 rings (SSSR count). The van der Waals surface area contributed by atoms with Crippen molar-refractivity contribution in [2.45, 2.75) is 31.3 Å². The summed E-state index contributed by atoms with van der Waals surface area (Å²) in [4.78, 5) is 26.6. The van der Waals surface area contributed by atoms with Crippen LogP contribution in [0.1, 0.15) is 30.9 Å². The number of nitrogens with one attached hydrogen (secondary N) is 2. The van der Waals surface area contributed by atoms with Gasteiger partial charge in [0, 0.05) is 25.0 Å². The first kappa shape index (κ1) is 16.7. The van der Waals surface area contributed by atoms with E-state index in [4.69, 9.17) is 5.73 Å². The Bertz CT molecular complexity index is 918. The molecule has 1 saturated carbocycles. The van der Waals surface area contributed by atoms with Crippen molar-refractivity contribution in [1.82, 2.24) is 15.8 Å². The average Bonchev–Trinajstić information content (AvgIpc) is 3.41. The lowest BCUT2D eigenvalue weighted by atomic mass is 9.83. The molecule has 2 aromatic rings. The number of rotatable bonds is 3. The molecule has 1 aliphatic carbocycles. The van der Waals surface area contributed by atoms with E-state index in [1.807, 2.05) is 4.90 Å². The molecule has 6 heteroatoms. The molecule has 0 radical (unpaired) electrons. The number of hydrogen-bond donors (Lipinski definition) is 3. The highest BCUT2D eigenvalue weighted by Crippen LogP contribution is 2.48. The maximum Gasteiger partial charge on any atom is 0.238 e. The van der Waals surface area contributed by atoms with Crippen LogP contribution in [0.15, 0.2) is 42.5 Å². The number of piperidine rings is 1. The molecule has 0 spiro atoms. The van der Waals surface area contributed by atoms with Crippen molar-refractivity contribution in [3.8, 4) is 0 Å². The summed E-state index contributed by atoms with van der Waals surface area (Å²) in [6.07, 6.45) is 2.06. The van der Waals surface area contributed by atoms with Gasteiger partial charge in [0.05, 0.1) is 6.04 Å². The van der Waals surface area contributed by atoms with E-state index in [1.54, 1.807) is 0 Å². The first-order valence-electron chi connectivity index (χ1n) is 9.68. The van der Waals surface area contributed by atoms with Gasteiger partial charge in [0.15, 0.2) is 0 Å². The second kappa shape index (κ2) is 6.04. The van der Waals surface area contributed by atoms with Crippen LogP contribution in [0.5, 0.6) is 0 Å². The maximum atomic E-state index is 13.0. The topological polar surface area (TPSA) is 87.5 Å². The third-order valence-electron chi connectivity index (χ3n) is 6.59. The molecular weight excluding hydrogens is 340 g/mol. The van der Waals surface area contributed by atoms with Crippen LogP contribution in [-0.4, -0.2) is 35.8 Å². The smallest absolute Gasteiger partial charge is 0.238 e. The number of hydrogen-bond acceptors (Lipinski definition) is 4. The van der Waals surface area contributed by atoms with Gasteiger partial charge in [-0.15, -0.1) is 0 Å². The second-order valence-electron chi connectivity index (χ2n) is 8.09. The molecule has 3 atom stereocenters. The third-order valence-corrected chi connectivity index (χ3v) is 6.59. The Kier molecular flexibility index (Phi) is 3.74. The first-order valence-corrected chi connectivity index (χ1v) is 9.68. The molecule has 27 heavy (non-hydrogen) atoms. The Morgan fingerprint density at radius 3 is 2.63 bits per heavy atom. The Morgan fingerprint density at radius 2 is 1.85 bits per heavy atom. The number of benzene rings is 2. The summed E-state index contributed by atoms with van der Waals surface area (Å²) in [6.45, 7) is 1.32. The van der Waals surface area contributed by atoms with Gasteiger partial charge >= 0.3 is 0 Å². The predicted octanol–water partition coefficient (Wildman–Crippen LogP) is 1.47. The lowest BCUT2D eigenvalue weighted by Crippen LogP contribution is -2.52. The number of nitrogens with zero attached hydrogens (tertiary/aromatic N) is 1. The fraction of sp³-hybridized carbons (Fsp3) is 0.429. The van der Waals surface area contributed by atoms with Crippen molar-refractivity contribution in [2.24, 2.45) is 17.1 Å². The monoisotopic (exact) mass is 364 g/mol. The largest absolute Gasteiger partial charge is 0.369 e. The van der Waals surface area contributed by atoms with Crippen LogP contribution in [0.3, 0.4) is 0 Å². The molecule has 3 aliphatic rings. The van der Waals surface area contributed by atoms with Gasteiger partial charge in [0.25, 0.3) is 0 Å². The SMILES string of the molecule is NC(=O)C1(C(=O)N2CCC3NNC(c4cccc5ccccc45)C3C2)CC1. The molecule has 3 fully saturated rings. The lowest BCUT2D eigenvalue weighted by Gasteiger charge is -2.37. The van der Waals surface area contributed by atoms with Crippen molar-refractivity contribution in [2.75, 3.05) is 13.1 Å². The highest BCUT2D eigenvalue weighted by Gasteiger charge is 2.58. The Morgan fingerprint density at radius 1 is 1.07 bits per heavy atom. The van der Waals surface area contributed by atoms with E-state index in [0.717, 1.165) is 6.42 Å². The maximum absolute atomic E-state index is 13.0. The zero-order valence-corrected chi connectivity index (χ0v) is 15.2. The number of fused-ring (bicyclic) bond motifs is 2. The van der Waals surface area contributed by atoms with Crippen LogP contribution < -0.4 is 16.6 Å². The summed E-state index contributed by atoms with van der Waals surface area (Å²) < 4.78 is 0. The number of primary amides is 1. The summed E-state index contributed by atoms with van der Waals surface area (Å²) in [5.74, 6) is -0.280. The van der Waals surface area contributed by atoms with Crippen molar-refractivity contribution < 1.29 is 9.59 Å². The molecule has 2 aliphatic heterocycles.